The average molecular weight is 351 g/mol. The van der Waals surface area contributed by atoms with Crippen LogP contribution < -0.4 is 10.9 Å². The topological polar surface area (TPSA) is 85.6 Å². The predicted octanol–water partition coefficient (Wildman–Crippen LogP) is 2.57. The third kappa shape index (κ3) is 3.97. The number of carbonyl (C=O) groups is 2. The maximum atomic E-state index is 12.1. The summed E-state index contributed by atoms with van der Waals surface area (Å²) in [7, 11) is 0. The molecule has 3 rings (SSSR count). The van der Waals surface area contributed by atoms with Crippen molar-refractivity contribution in [1.82, 2.24) is 5.32 Å². The van der Waals surface area contributed by atoms with E-state index in [0.29, 0.717) is 17.5 Å². The Bertz CT molecular complexity index is 1020. The molecule has 0 radical (unpaired) electrons. The highest BCUT2D eigenvalue weighted by molar-refractivity contribution is 5.94. The lowest BCUT2D eigenvalue weighted by Crippen LogP contribution is -2.29. The van der Waals surface area contributed by atoms with E-state index in [0.717, 1.165) is 11.1 Å². The van der Waals surface area contributed by atoms with Gasteiger partial charge in [0.2, 0.25) is 0 Å². The van der Waals surface area contributed by atoms with Crippen molar-refractivity contribution in [3.05, 3.63) is 81.7 Å². The summed E-state index contributed by atoms with van der Waals surface area (Å²) in [4.78, 5) is 35.9. The number of amides is 1. The average Bonchev–Trinajstić information content (AvgIpc) is 2.65. The highest BCUT2D eigenvalue weighted by atomic mass is 16.5. The standard InChI is InChI=1S/C20H17NO5/c1-13-6-2-3-8-15(13)11-21-18(22)12-25-19(23)16-10-14-7-4-5-9-17(14)26-20(16)24/h2-10H,11-12H2,1H3,(H,21,22). The van der Waals surface area contributed by atoms with E-state index in [1.165, 1.54) is 6.07 Å². The number of ether oxygens (including phenoxy) is 1. The van der Waals surface area contributed by atoms with Gasteiger partial charge in [-0.15, -0.1) is 0 Å². The second kappa shape index (κ2) is 7.65. The van der Waals surface area contributed by atoms with Crippen LogP contribution in [0.4, 0.5) is 0 Å². The number of carbonyl (C=O) groups excluding carboxylic acids is 2. The van der Waals surface area contributed by atoms with Crippen LogP contribution in [0, 0.1) is 6.92 Å². The third-order valence-corrected chi connectivity index (χ3v) is 3.93. The SMILES string of the molecule is Cc1ccccc1CNC(=O)COC(=O)c1cc2ccccc2oc1=O. The lowest BCUT2D eigenvalue weighted by Gasteiger charge is -2.08. The quantitative estimate of drug-likeness (QED) is 0.564. The second-order valence-electron chi connectivity index (χ2n) is 5.76. The molecule has 0 aliphatic heterocycles. The summed E-state index contributed by atoms with van der Waals surface area (Å²) in [6.07, 6.45) is 0. The van der Waals surface area contributed by atoms with Crippen LogP contribution in [0.3, 0.4) is 0 Å². The van der Waals surface area contributed by atoms with E-state index in [1.54, 1.807) is 24.3 Å². The highest BCUT2D eigenvalue weighted by Crippen LogP contribution is 2.13. The minimum Gasteiger partial charge on any atom is -0.452 e. The summed E-state index contributed by atoms with van der Waals surface area (Å²) in [5.74, 6) is -1.35. The molecule has 0 atom stereocenters. The van der Waals surface area contributed by atoms with Crippen LogP contribution in [0.2, 0.25) is 0 Å². The van der Waals surface area contributed by atoms with Crippen molar-refractivity contribution < 1.29 is 18.7 Å². The number of hydrogen-bond acceptors (Lipinski definition) is 5. The molecule has 1 N–H and O–H groups in total. The molecule has 6 nitrogen and oxygen atoms in total. The summed E-state index contributed by atoms with van der Waals surface area (Å²) in [5, 5.41) is 3.27. The minimum atomic E-state index is -0.893. The minimum absolute atomic E-state index is 0.240. The Morgan fingerprint density at radius 1 is 1.08 bits per heavy atom. The number of rotatable bonds is 5. The third-order valence-electron chi connectivity index (χ3n) is 3.93. The molecule has 0 unspecified atom stereocenters. The molecular weight excluding hydrogens is 334 g/mol. The van der Waals surface area contributed by atoms with Crippen LogP contribution in [0.15, 0.2) is 63.8 Å². The largest absolute Gasteiger partial charge is 0.452 e. The Balaban J connectivity index is 1.60. The van der Waals surface area contributed by atoms with Crippen molar-refractivity contribution in [3.8, 4) is 0 Å². The van der Waals surface area contributed by atoms with E-state index < -0.39 is 24.1 Å². The maximum absolute atomic E-state index is 12.1. The van der Waals surface area contributed by atoms with Gasteiger partial charge in [0.15, 0.2) is 6.61 Å². The van der Waals surface area contributed by atoms with E-state index >= 15 is 0 Å². The van der Waals surface area contributed by atoms with Crippen LogP contribution in [-0.2, 0) is 16.1 Å². The highest BCUT2D eigenvalue weighted by Gasteiger charge is 2.16. The van der Waals surface area contributed by atoms with Crippen molar-refractivity contribution >= 4 is 22.8 Å². The first-order valence-electron chi connectivity index (χ1n) is 8.06. The van der Waals surface area contributed by atoms with Crippen molar-refractivity contribution in [1.29, 1.82) is 0 Å². The van der Waals surface area contributed by atoms with Gasteiger partial charge in [-0.1, -0.05) is 42.5 Å². The summed E-state index contributed by atoms with van der Waals surface area (Å²) < 4.78 is 10.0. The summed E-state index contributed by atoms with van der Waals surface area (Å²) >= 11 is 0. The van der Waals surface area contributed by atoms with Crippen LogP contribution in [0.5, 0.6) is 0 Å². The zero-order valence-corrected chi connectivity index (χ0v) is 14.2. The first-order valence-corrected chi connectivity index (χ1v) is 8.06. The van der Waals surface area contributed by atoms with E-state index in [9.17, 15) is 14.4 Å². The summed E-state index contributed by atoms with van der Waals surface area (Å²) in [6.45, 7) is 1.80. The molecule has 3 aromatic rings. The molecule has 0 spiro atoms. The molecule has 0 saturated heterocycles. The van der Waals surface area contributed by atoms with Gasteiger partial charge in [-0.2, -0.15) is 0 Å². The summed E-state index contributed by atoms with van der Waals surface area (Å²) in [5.41, 5.74) is 1.37. The van der Waals surface area contributed by atoms with Gasteiger partial charge in [0.25, 0.3) is 5.91 Å². The molecule has 6 heteroatoms. The normalized spacial score (nSPS) is 10.5. The molecule has 0 saturated carbocycles. The molecule has 0 fully saturated rings. The molecule has 0 aliphatic rings. The molecule has 2 aromatic carbocycles. The number of esters is 1. The monoisotopic (exact) mass is 351 g/mol. The molecule has 1 heterocycles. The number of fused-ring (bicyclic) bond motifs is 1. The van der Waals surface area contributed by atoms with Gasteiger partial charge in [0.1, 0.15) is 11.1 Å². The fourth-order valence-corrected chi connectivity index (χ4v) is 2.47. The fraction of sp³-hybridized carbons (Fsp3) is 0.150. The van der Waals surface area contributed by atoms with Crippen molar-refractivity contribution in [3.63, 3.8) is 0 Å². The number of nitrogens with one attached hydrogen (secondary N) is 1. The van der Waals surface area contributed by atoms with Crippen LogP contribution >= 0.6 is 0 Å². The second-order valence-corrected chi connectivity index (χ2v) is 5.76. The first-order chi connectivity index (χ1) is 12.5. The lowest BCUT2D eigenvalue weighted by molar-refractivity contribution is -0.124. The van der Waals surface area contributed by atoms with Gasteiger partial charge < -0.3 is 14.5 Å². The Kier molecular flexibility index (Phi) is 5.12. The van der Waals surface area contributed by atoms with E-state index in [4.69, 9.17) is 9.15 Å². The smallest absolute Gasteiger partial charge is 0.351 e. The maximum Gasteiger partial charge on any atom is 0.351 e. The number of para-hydroxylation sites is 1. The van der Waals surface area contributed by atoms with Gasteiger partial charge in [-0.05, 0) is 30.2 Å². The predicted molar refractivity (Wildman–Crippen MR) is 95.8 cm³/mol. The Labute approximate surface area is 149 Å². The van der Waals surface area contributed by atoms with Crippen molar-refractivity contribution in [2.75, 3.05) is 6.61 Å². The van der Waals surface area contributed by atoms with E-state index in [1.807, 2.05) is 31.2 Å². The number of aryl methyl sites for hydroxylation is 1. The van der Waals surface area contributed by atoms with Crippen LogP contribution in [0.1, 0.15) is 21.5 Å². The molecule has 0 bridgehead atoms. The lowest BCUT2D eigenvalue weighted by atomic mass is 10.1. The fourth-order valence-electron chi connectivity index (χ4n) is 2.47. The Hall–Kier alpha value is -3.41. The molecule has 26 heavy (non-hydrogen) atoms. The Morgan fingerprint density at radius 2 is 1.81 bits per heavy atom. The number of benzene rings is 2. The van der Waals surface area contributed by atoms with Crippen LogP contribution in [0.25, 0.3) is 11.0 Å². The zero-order chi connectivity index (χ0) is 18.5. The molecule has 1 amide bonds. The molecular formula is C20H17NO5. The van der Waals surface area contributed by atoms with Gasteiger partial charge in [0, 0.05) is 11.9 Å². The van der Waals surface area contributed by atoms with E-state index in [2.05, 4.69) is 5.32 Å². The zero-order valence-electron chi connectivity index (χ0n) is 14.2. The Morgan fingerprint density at radius 3 is 2.62 bits per heavy atom. The van der Waals surface area contributed by atoms with Crippen molar-refractivity contribution in [2.45, 2.75) is 13.5 Å². The summed E-state index contributed by atoms with van der Waals surface area (Å²) in [6, 6.07) is 15.9. The van der Waals surface area contributed by atoms with Gasteiger partial charge in [-0.25, -0.2) is 9.59 Å². The van der Waals surface area contributed by atoms with Crippen molar-refractivity contribution in [2.24, 2.45) is 0 Å². The van der Waals surface area contributed by atoms with Gasteiger partial charge in [-0.3, -0.25) is 4.79 Å². The molecule has 1 aromatic heterocycles. The molecule has 132 valence electrons. The van der Waals surface area contributed by atoms with Gasteiger partial charge in [0.05, 0.1) is 0 Å². The molecule has 0 aliphatic carbocycles. The first kappa shape index (κ1) is 17.4. The number of hydrogen-bond donors (Lipinski definition) is 1. The van der Waals surface area contributed by atoms with Crippen LogP contribution in [-0.4, -0.2) is 18.5 Å². The van der Waals surface area contributed by atoms with Gasteiger partial charge >= 0.3 is 11.6 Å². The van der Waals surface area contributed by atoms with E-state index in [-0.39, 0.29) is 5.56 Å².